The van der Waals surface area contributed by atoms with Gasteiger partial charge in [0.05, 0.1) is 11.8 Å². The predicted molar refractivity (Wildman–Crippen MR) is 101 cm³/mol. The van der Waals surface area contributed by atoms with Crippen LogP contribution in [0.1, 0.15) is 17.5 Å². The third-order valence-electron chi connectivity index (χ3n) is 4.25. The molecule has 0 spiro atoms. The second-order valence-electron chi connectivity index (χ2n) is 6.40. The van der Waals surface area contributed by atoms with Crippen molar-refractivity contribution in [1.29, 1.82) is 0 Å². The molecule has 2 unspecified atom stereocenters. The molecule has 2 aromatic carbocycles. The van der Waals surface area contributed by atoms with E-state index in [0.717, 1.165) is 16.8 Å². The number of anilines is 2. The Balaban J connectivity index is 1.60. The number of carbonyl (C=O) groups excluding carboxylic acids is 2. The number of amides is 2. The van der Waals surface area contributed by atoms with Gasteiger partial charge in [0.25, 0.3) is 0 Å². The van der Waals surface area contributed by atoms with Gasteiger partial charge in [-0.15, -0.1) is 0 Å². The summed E-state index contributed by atoms with van der Waals surface area (Å²) in [6, 6.07) is 10.7. The van der Waals surface area contributed by atoms with Crippen LogP contribution in [0.2, 0.25) is 10.0 Å². The average Bonchev–Trinajstić information content (AvgIpc) is 3.30. The van der Waals surface area contributed by atoms with Crippen molar-refractivity contribution in [3.05, 3.63) is 57.6 Å². The fourth-order valence-corrected chi connectivity index (χ4v) is 3.26. The summed E-state index contributed by atoms with van der Waals surface area (Å²) in [5, 5.41) is 6.58. The second kappa shape index (κ2) is 7.06. The van der Waals surface area contributed by atoms with Crippen LogP contribution in [-0.2, 0) is 9.59 Å². The number of hydrogen-bond acceptors (Lipinski definition) is 2. The lowest BCUT2D eigenvalue weighted by Crippen LogP contribution is -2.21. The molecule has 0 saturated heterocycles. The maximum absolute atomic E-state index is 12.4. The maximum Gasteiger partial charge on any atom is 0.228 e. The van der Waals surface area contributed by atoms with Gasteiger partial charge in [0.15, 0.2) is 0 Å². The predicted octanol–water partition coefficient (Wildman–Crippen LogP) is 4.82. The van der Waals surface area contributed by atoms with E-state index in [-0.39, 0.29) is 23.7 Å². The van der Waals surface area contributed by atoms with Crippen molar-refractivity contribution in [2.45, 2.75) is 20.3 Å². The summed E-state index contributed by atoms with van der Waals surface area (Å²) < 4.78 is 0. The fraction of sp³-hybridized carbons (Fsp3) is 0.263. The van der Waals surface area contributed by atoms with Crippen LogP contribution in [0, 0.1) is 25.7 Å². The number of nitrogens with one attached hydrogen (secondary N) is 2. The highest BCUT2D eigenvalue weighted by molar-refractivity contribution is 6.35. The third kappa shape index (κ3) is 4.33. The maximum atomic E-state index is 12.4. The zero-order valence-corrected chi connectivity index (χ0v) is 15.4. The van der Waals surface area contributed by atoms with Crippen molar-refractivity contribution in [3.63, 3.8) is 0 Å². The normalized spacial score (nSPS) is 18.6. The molecule has 6 heteroatoms. The largest absolute Gasteiger partial charge is 0.326 e. The zero-order chi connectivity index (χ0) is 18.1. The van der Waals surface area contributed by atoms with Crippen molar-refractivity contribution in [3.8, 4) is 0 Å². The summed E-state index contributed by atoms with van der Waals surface area (Å²) in [6.45, 7) is 3.91. The molecular formula is C19H18Cl2N2O2. The van der Waals surface area contributed by atoms with Gasteiger partial charge in [0.2, 0.25) is 11.8 Å². The minimum atomic E-state index is -0.331. The molecule has 4 nitrogen and oxygen atoms in total. The molecule has 2 N–H and O–H groups in total. The number of rotatable bonds is 4. The van der Waals surface area contributed by atoms with Gasteiger partial charge >= 0.3 is 0 Å². The van der Waals surface area contributed by atoms with Crippen LogP contribution in [0.25, 0.3) is 0 Å². The number of halogens is 2. The quantitative estimate of drug-likeness (QED) is 0.802. The minimum Gasteiger partial charge on any atom is -0.326 e. The van der Waals surface area contributed by atoms with E-state index in [1.54, 1.807) is 18.2 Å². The molecule has 2 aromatic rings. The lowest BCUT2D eigenvalue weighted by atomic mass is 10.1. The van der Waals surface area contributed by atoms with Gasteiger partial charge in [-0.3, -0.25) is 9.59 Å². The highest BCUT2D eigenvalue weighted by Gasteiger charge is 2.48. The molecule has 1 saturated carbocycles. The highest BCUT2D eigenvalue weighted by atomic mass is 35.5. The van der Waals surface area contributed by atoms with E-state index >= 15 is 0 Å². The van der Waals surface area contributed by atoms with E-state index in [1.165, 1.54) is 0 Å². The molecule has 0 aromatic heterocycles. The summed E-state index contributed by atoms with van der Waals surface area (Å²) in [7, 11) is 0. The average molecular weight is 377 g/mol. The molecule has 2 atom stereocenters. The van der Waals surface area contributed by atoms with E-state index in [2.05, 4.69) is 10.6 Å². The van der Waals surface area contributed by atoms with Crippen molar-refractivity contribution in [2.75, 3.05) is 10.6 Å². The lowest BCUT2D eigenvalue weighted by Gasteiger charge is -2.09. The molecule has 0 aliphatic heterocycles. The van der Waals surface area contributed by atoms with Crippen molar-refractivity contribution in [2.24, 2.45) is 11.8 Å². The van der Waals surface area contributed by atoms with Gasteiger partial charge in [0.1, 0.15) is 0 Å². The number of carbonyl (C=O) groups is 2. The number of hydrogen-bond donors (Lipinski definition) is 2. The van der Waals surface area contributed by atoms with Gasteiger partial charge < -0.3 is 10.6 Å². The summed E-state index contributed by atoms with van der Waals surface area (Å²) in [5.41, 5.74) is 3.39. The van der Waals surface area contributed by atoms with Crippen molar-refractivity contribution in [1.82, 2.24) is 0 Å². The first kappa shape index (κ1) is 17.8. The molecule has 3 rings (SSSR count). The number of benzene rings is 2. The Kier molecular flexibility index (Phi) is 5.02. The molecule has 2 amide bonds. The molecule has 0 radical (unpaired) electrons. The summed E-state index contributed by atoms with van der Waals surface area (Å²) in [6.07, 6.45) is 0.539. The minimum absolute atomic E-state index is 0.127. The molecule has 1 aliphatic carbocycles. The topological polar surface area (TPSA) is 58.2 Å². The third-order valence-corrected chi connectivity index (χ3v) is 4.68. The monoisotopic (exact) mass is 376 g/mol. The van der Waals surface area contributed by atoms with Crippen LogP contribution in [0.15, 0.2) is 36.4 Å². The van der Waals surface area contributed by atoms with E-state index in [4.69, 9.17) is 23.2 Å². The molecule has 0 heterocycles. The van der Waals surface area contributed by atoms with Crippen LogP contribution in [-0.4, -0.2) is 11.8 Å². The Morgan fingerprint density at radius 1 is 0.920 bits per heavy atom. The summed E-state index contributed by atoms with van der Waals surface area (Å²) in [4.78, 5) is 24.7. The summed E-state index contributed by atoms with van der Waals surface area (Å²) in [5.74, 6) is -0.963. The van der Waals surface area contributed by atoms with Gasteiger partial charge in [-0.1, -0.05) is 35.3 Å². The standard InChI is InChI=1S/C19H18Cl2N2O2/c1-10-3-4-11(2)17(5-10)23-19(25)16-9-15(16)18(24)22-14-7-12(20)6-13(21)8-14/h3-8,15-16H,9H2,1-2H3,(H,22,24)(H,23,25). The van der Waals surface area contributed by atoms with Gasteiger partial charge in [-0.05, 0) is 55.7 Å². The Labute approximate surface area is 156 Å². The molecule has 130 valence electrons. The Hall–Kier alpha value is -2.04. The van der Waals surface area contributed by atoms with Gasteiger partial charge in [-0.2, -0.15) is 0 Å². The van der Waals surface area contributed by atoms with Crippen LogP contribution in [0.3, 0.4) is 0 Å². The molecule has 1 aliphatic rings. The molecule has 1 fully saturated rings. The van der Waals surface area contributed by atoms with Crippen molar-refractivity contribution < 1.29 is 9.59 Å². The Bertz CT molecular complexity index is 831. The van der Waals surface area contributed by atoms with Crippen molar-refractivity contribution >= 4 is 46.4 Å². The molecule has 25 heavy (non-hydrogen) atoms. The zero-order valence-electron chi connectivity index (χ0n) is 13.9. The Morgan fingerprint density at radius 3 is 2.16 bits per heavy atom. The first-order valence-electron chi connectivity index (χ1n) is 7.98. The highest BCUT2D eigenvalue weighted by Crippen LogP contribution is 2.40. The van der Waals surface area contributed by atoms with Crippen LogP contribution < -0.4 is 10.6 Å². The smallest absolute Gasteiger partial charge is 0.228 e. The SMILES string of the molecule is Cc1ccc(C)c(NC(=O)C2CC2C(=O)Nc2cc(Cl)cc(Cl)c2)c1. The first-order chi connectivity index (χ1) is 11.8. The van der Waals surface area contributed by atoms with E-state index < -0.39 is 0 Å². The van der Waals surface area contributed by atoms with E-state index in [0.29, 0.717) is 22.2 Å². The van der Waals surface area contributed by atoms with Crippen LogP contribution in [0.4, 0.5) is 11.4 Å². The van der Waals surface area contributed by atoms with Gasteiger partial charge in [0, 0.05) is 21.4 Å². The van der Waals surface area contributed by atoms with E-state index in [9.17, 15) is 9.59 Å². The van der Waals surface area contributed by atoms with E-state index in [1.807, 2.05) is 32.0 Å². The number of aryl methyl sites for hydroxylation is 2. The lowest BCUT2D eigenvalue weighted by molar-refractivity contribution is -0.122. The van der Waals surface area contributed by atoms with Crippen LogP contribution in [0.5, 0.6) is 0 Å². The molecule has 0 bridgehead atoms. The first-order valence-corrected chi connectivity index (χ1v) is 8.74. The Morgan fingerprint density at radius 2 is 1.52 bits per heavy atom. The molecular weight excluding hydrogens is 359 g/mol. The summed E-state index contributed by atoms with van der Waals surface area (Å²) >= 11 is 11.9. The fourth-order valence-electron chi connectivity index (χ4n) is 2.73. The van der Waals surface area contributed by atoms with Gasteiger partial charge in [-0.25, -0.2) is 0 Å². The second-order valence-corrected chi connectivity index (χ2v) is 7.28. The van der Waals surface area contributed by atoms with Crippen LogP contribution >= 0.6 is 23.2 Å².